The fourth-order valence-corrected chi connectivity index (χ4v) is 1.28. The molecular formula is C6H8N2O2S. The van der Waals surface area contributed by atoms with Gasteiger partial charge < -0.3 is 9.15 Å². The van der Waals surface area contributed by atoms with E-state index in [2.05, 4.69) is 10.2 Å². The van der Waals surface area contributed by atoms with Gasteiger partial charge in [0.25, 0.3) is 4.84 Å². The molecule has 5 heteroatoms. The van der Waals surface area contributed by atoms with Crippen LogP contribution in [-0.2, 0) is 4.74 Å². The molecule has 11 heavy (non-hydrogen) atoms. The summed E-state index contributed by atoms with van der Waals surface area (Å²) >= 11 is 4.73. The maximum atomic E-state index is 5.33. The SMILES string of the molecule is S=c1[nH]nc(C2CCCO2)o1. The maximum Gasteiger partial charge on any atom is 0.284 e. The van der Waals surface area contributed by atoms with E-state index >= 15 is 0 Å². The third kappa shape index (κ3) is 1.34. The summed E-state index contributed by atoms with van der Waals surface area (Å²) in [6.07, 6.45) is 2.06. The molecule has 1 N–H and O–H groups in total. The van der Waals surface area contributed by atoms with E-state index in [4.69, 9.17) is 21.4 Å². The van der Waals surface area contributed by atoms with Gasteiger partial charge in [0.2, 0.25) is 5.89 Å². The summed E-state index contributed by atoms with van der Waals surface area (Å²) in [6.45, 7) is 0.791. The zero-order chi connectivity index (χ0) is 7.68. The number of hydrogen-bond donors (Lipinski definition) is 1. The normalized spacial score (nSPS) is 24.2. The molecule has 1 aliphatic rings. The molecule has 4 nitrogen and oxygen atoms in total. The molecule has 0 bridgehead atoms. The third-order valence-electron chi connectivity index (χ3n) is 1.66. The lowest BCUT2D eigenvalue weighted by atomic mass is 10.2. The number of aromatic amines is 1. The minimum atomic E-state index is 0.0166. The number of nitrogens with zero attached hydrogens (tertiary/aromatic N) is 1. The molecule has 1 saturated heterocycles. The van der Waals surface area contributed by atoms with Gasteiger partial charge in [-0.05, 0) is 25.1 Å². The number of H-pyrrole nitrogens is 1. The van der Waals surface area contributed by atoms with Crippen molar-refractivity contribution in [3.63, 3.8) is 0 Å². The number of nitrogens with one attached hydrogen (secondary N) is 1. The molecule has 1 unspecified atom stereocenters. The first-order chi connectivity index (χ1) is 5.36. The van der Waals surface area contributed by atoms with Crippen LogP contribution in [0, 0.1) is 4.84 Å². The average Bonchev–Trinajstić information content (AvgIpc) is 2.55. The minimum absolute atomic E-state index is 0.0166. The van der Waals surface area contributed by atoms with Crippen molar-refractivity contribution in [1.82, 2.24) is 10.2 Å². The van der Waals surface area contributed by atoms with Crippen molar-refractivity contribution in [3.8, 4) is 0 Å². The van der Waals surface area contributed by atoms with Crippen LogP contribution in [0.3, 0.4) is 0 Å². The van der Waals surface area contributed by atoms with Crippen molar-refractivity contribution in [2.75, 3.05) is 6.61 Å². The lowest BCUT2D eigenvalue weighted by molar-refractivity contribution is 0.0886. The largest absolute Gasteiger partial charge is 0.411 e. The molecule has 1 aromatic heterocycles. The first kappa shape index (κ1) is 7.00. The summed E-state index contributed by atoms with van der Waals surface area (Å²) in [7, 11) is 0. The zero-order valence-electron chi connectivity index (χ0n) is 5.87. The Kier molecular flexibility index (Phi) is 1.75. The van der Waals surface area contributed by atoms with Crippen LogP contribution in [0.2, 0.25) is 0 Å². The van der Waals surface area contributed by atoms with Crippen LogP contribution < -0.4 is 0 Å². The van der Waals surface area contributed by atoms with Crippen LogP contribution in [0.4, 0.5) is 0 Å². The Morgan fingerprint density at radius 1 is 1.64 bits per heavy atom. The third-order valence-corrected chi connectivity index (χ3v) is 1.83. The van der Waals surface area contributed by atoms with Crippen molar-refractivity contribution in [1.29, 1.82) is 0 Å². The quantitative estimate of drug-likeness (QED) is 0.653. The van der Waals surface area contributed by atoms with Gasteiger partial charge in [0.1, 0.15) is 6.10 Å². The van der Waals surface area contributed by atoms with Gasteiger partial charge in [-0.15, -0.1) is 5.10 Å². The van der Waals surface area contributed by atoms with Gasteiger partial charge in [0, 0.05) is 6.61 Å². The Balaban J connectivity index is 2.21. The second-order valence-electron chi connectivity index (χ2n) is 2.45. The number of rotatable bonds is 1. The molecule has 0 spiro atoms. The van der Waals surface area contributed by atoms with Crippen molar-refractivity contribution in [2.24, 2.45) is 0 Å². The van der Waals surface area contributed by atoms with E-state index in [0.29, 0.717) is 10.7 Å². The lowest BCUT2D eigenvalue weighted by Gasteiger charge is -2.00. The molecule has 1 atom stereocenters. The van der Waals surface area contributed by atoms with E-state index in [9.17, 15) is 0 Å². The molecule has 0 amide bonds. The van der Waals surface area contributed by atoms with E-state index in [0.717, 1.165) is 19.4 Å². The minimum Gasteiger partial charge on any atom is -0.411 e. The van der Waals surface area contributed by atoms with E-state index in [1.165, 1.54) is 0 Å². The van der Waals surface area contributed by atoms with Crippen molar-refractivity contribution in [3.05, 3.63) is 10.7 Å². The summed E-state index contributed by atoms with van der Waals surface area (Å²) in [4.78, 5) is 0.315. The molecule has 0 saturated carbocycles. The smallest absolute Gasteiger partial charge is 0.284 e. The van der Waals surface area contributed by atoms with E-state index in [-0.39, 0.29) is 6.10 Å². The van der Waals surface area contributed by atoms with Crippen molar-refractivity contribution < 1.29 is 9.15 Å². The molecular weight excluding hydrogens is 164 g/mol. The van der Waals surface area contributed by atoms with Gasteiger partial charge in [-0.1, -0.05) is 0 Å². The van der Waals surface area contributed by atoms with Crippen LogP contribution in [-0.4, -0.2) is 16.8 Å². The molecule has 0 aliphatic carbocycles. The summed E-state index contributed by atoms with van der Waals surface area (Å²) in [6, 6.07) is 0. The topological polar surface area (TPSA) is 51.0 Å². The van der Waals surface area contributed by atoms with Crippen molar-refractivity contribution >= 4 is 12.2 Å². The Morgan fingerprint density at radius 2 is 2.55 bits per heavy atom. The Labute approximate surface area is 68.6 Å². The standard InChI is InChI=1S/C6H8N2O2S/c11-6-8-7-5(10-6)4-2-1-3-9-4/h4H,1-3H2,(H,8,11). The number of hydrogen-bond acceptors (Lipinski definition) is 4. The lowest BCUT2D eigenvalue weighted by Crippen LogP contribution is -1.95. The predicted molar refractivity (Wildman–Crippen MR) is 39.6 cm³/mol. The summed E-state index contributed by atoms with van der Waals surface area (Å²) in [5.74, 6) is 0.576. The summed E-state index contributed by atoms with van der Waals surface area (Å²) in [5, 5.41) is 6.44. The number of aromatic nitrogens is 2. The highest BCUT2D eigenvalue weighted by Crippen LogP contribution is 2.26. The molecule has 2 rings (SSSR count). The van der Waals surface area contributed by atoms with Gasteiger partial charge in [-0.25, -0.2) is 5.10 Å². The molecule has 0 aromatic carbocycles. The van der Waals surface area contributed by atoms with Crippen molar-refractivity contribution in [2.45, 2.75) is 18.9 Å². The molecule has 60 valence electrons. The number of ether oxygens (including phenoxy) is 1. The summed E-state index contributed by atoms with van der Waals surface area (Å²) in [5.41, 5.74) is 0. The molecule has 0 radical (unpaired) electrons. The fourth-order valence-electron chi connectivity index (χ4n) is 1.15. The predicted octanol–water partition coefficient (Wildman–Crippen LogP) is 1.58. The highest BCUT2D eigenvalue weighted by molar-refractivity contribution is 7.71. The first-order valence-corrected chi connectivity index (χ1v) is 3.94. The van der Waals surface area contributed by atoms with E-state index in [1.54, 1.807) is 0 Å². The summed E-state index contributed by atoms with van der Waals surface area (Å²) < 4.78 is 10.4. The molecule has 1 aromatic rings. The van der Waals surface area contributed by atoms with Gasteiger partial charge in [-0.2, -0.15) is 0 Å². The maximum absolute atomic E-state index is 5.33. The first-order valence-electron chi connectivity index (χ1n) is 3.53. The Hall–Kier alpha value is -0.680. The van der Waals surface area contributed by atoms with E-state index in [1.807, 2.05) is 0 Å². The monoisotopic (exact) mass is 172 g/mol. The highest BCUT2D eigenvalue weighted by atomic mass is 32.1. The van der Waals surface area contributed by atoms with Crippen LogP contribution in [0.15, 0.2) is 4.42 Å². The van der Waals surface area contributed by atoms with Crippen LogP contribution in [0.5, 0.6) is 0 Å². The van der Waals surface area contributed by atoms with Crippen LogP contribution in [0.25, 0.3) is 0 Å². The molecule has 2 heterocycles. The van der Waals surface area contributed by atoms with Crippen LogP contribution in [0.1, 0.15) is 24.8 Å². The fraction of sp³-hybridized carbons (Fsp3) is 0.667. The average molecular weight is 172 g/mol. The Bertz CT molecular complexity index is 287. The highest BCUT2D eigenvalue weighted by Gasteiger charge is 2.21. The molecule has 1 fully saturated rings. The molecule has 1 aliphatic heterocycles. The van der Waals surface area contributed by atoms with Gasteiger partial charge in [-0.3, -0.25) is 0 Å². The second-order valence-corrected chi connectivity index (χ2v) is 2.82. The van der Waals surface area contributed by atoms with Gasteiger partial charge in [0.05, 0.1) is 0 Å². The second kappa shape index (κ2) is 2.75. The van der Waals surface area contributed by atoms with E-state index < -0.39 is 0 Å². The van der Waals surface area contributed by atoms with Crippen LogP contribution >= 0.6 is 12.2 Å². The Morgan fingerprint density at radius 3 is 3.09 bits per heavy atom. The van der Waals surface area contributed by atoms with Gasteiger partial charge >= 0.3 is 0 Å². The van der Waals surface area contributed by atoms with Gasteiger partial charge in [0.15, 0.2) is 0 Å². The zero-order valence-corrected chi connectivity index (χ0v) is 6.69.